The maximum atomic E-state index is 13.1. The van der Waals surface area contributed by atoms with E-state index in [4.69, 9.17) is 4.52 Å². The lowest BCUT2D eigenvalue weighted by molar-refractivity contribution is -0.114. The van der Waals surface area contributed by atoms with Crippen molar-refractivity contribution in [2.45, 2.75) is 50.5 Å². The van der Waals surface area contributed by atoms with Crippen molar-refractivity contribution in [1.29, 1.82) is 0 Å². The van der Waals surface area contributed by atoms with Crippen LogP contribution >= 0.6 is 0 Å². The fourth-order valence-corrected chi connectivity index (χ4v) is 4.76. The van der Waals surface area contributed by atoms with Crippen LogP contribution in [-0.2, 0) is 14.8 Å². The minimum absolute atomic E-state index is 0.196. The second-order valence-corrected chi connectivity index (χ2v) is 8.68. The third-order valence-corrected chi connectivity index (χ3v) is 6.37. The molecule has 0 aliphatic carbocycles. The Morgan fingerprint density at radius 3 is 2.58 bits per heavy atom. The smallest absolute Gasteiger partial charge is 0.243 e. The summed E-state index contributed by atoms with van der Waals surface area (Å²) in [6, 6.07) is 7.71. The molecule has 1 aromatic carbocycles. The summed E-state index contributed by atoms with van der Waals surface area (Å²) in [5.41, 5.74) is 1.38. The zero-order valence-electron chi connectivity index (χ0n) is 15.1. The summed E-state index contributed by atoms with van der Waals surface area (Å²) in [5, 5.41) is 6.68. The first-order chi connectivity index (χ1) is 12.3. The van der Waals surface area contributed by atoms with Gasteiger partial charge in [-0.3, -0.25) is 4.79 Å². The summed E-state index contributed by atoms with van der Waals surface area (Å²) in [4.78, 5) is 11.3. The maximum absolute atomic E-state index is 13.1. The van der Waals surface area contributed by atoms with Gasteiger partial charge in [-0.15, -0.1) is 0 Å². The van der Waals surface area contributed by atoms with E-state index in [1.165, 1.54) is 23.4 Å². The van der Waals surface area contributed by atoms with Crippen molar-refractivity contribution in [2.75, 3.05) is 11.9 Å². The first-order valence-corrected chi connectivity index (χ1v) is 10.1. The second kappa shape index (κ2) is 7.20. The average Bonchev–Trinajstić information content (AvgIpc) is 3.24. The third-order valence-electron chi connectivity index (χ3n) is 4.45. The van der Waals surface area contributed by atoms with Crippen LogP contribution in [0.15, 0.2) is 39.8 Å². The number of amides is 1. The van der Waals surface area contributed by atoms with Gasteiger partial charge in [0.2, 0.25) is 15.9 Å². The number of nitrogens with zero attached hydrogens (tertiary/aromatic N) is 2. The van der Waals surface area contributed by atoms with Gasteiger partial charge in [-0.05, 0) is 43.0 Å². The number of aromatic nitrogens is 1. The zero-order chi connectivity index (χ0) is 18.9. The van der Waals surface area contributed by atoms with E-state index in [9.17, 15) is 13.2 Å². The van der Waals surface area contributed by atoms with E-state index in [-0.39, 0.29) is 22.8 Å². The topological polar surface area (TPSA) is 92.5 Å². The largest absolute Gasteiger partial charge is 0.359 e. The van der Waals surface area contributed by atoms with Gasteiger partial charge in [-0.1, -0.05) is 19.0 Å². The molecule has 0 saturated carbocycles. The molecule has 0 unspecified atom stereocenters. The van der Waals surface area contributed by atoms with Crippen LogP contribution in [0.1, 0.15) is 57.0 Å². The van der Waals surface area contributed by atoms with Crippen LogP contribution in [-0.4, -0.2) is 30.3 Å². The molecule has 1 atom stereocenters. The van der Waals surface area contributed by atoms with Crippen LogP contribution in [0.2, 0.25) is 0 Å². The summed E-state index contributed by atoms with van der Waals surface area (Å²) < 4.78 is 33.0. The fraction of sp³-hybridized carbons (Fsp3) is 0.444. The first kappa shape index (κ1) is 18.6. The van der Waals surface area contributed by atoms with Crippen LogP contribution in [0.4, 0.5) is 5.69 Å². The highest BCUT2D eigenvalue weighted by molar-refractivity contribution is 7.89. The SMILES string of the molecule is CC(=O)Nc1ccc(S(=O)(=O)N2CCC[C@@H]2c2cc(C(C)C)no2)cc1. The van der Waals surface area contributed by atoms with Gasteiger partial charge < -0.3 is 9.84 Å². The molecule has 1 aromatic heterocycles. The number of anilines is 1. The molecule has 140 valence electrons. The molecule has 1 aliphatic rings. The lowest BCUT2D eigenvalue weighted by atomic mass is 10.1. The molecule has 0 spiro atoms. The quantitative estimate of drug-likeness (QED) is 0.863. The predicted molar refractivity (Wildman–Crippen MR) is 97.2 cm³/mol. The van der Waals surface area contributed by atoms with E-state index >= 15 is 0 Å². The van der Waals surface area contributed by atoms with Crippen LogP contribution in [0.3, 0.4) is 0 Å². The van der Waals surface area contributed by atoms with Gasteiger partial charge in [0.05, 0.1) is 16.6 Å². The molecular weight excluding hydrogens is 354 g/mol. The van der Waals surface area contributed by atoms with Crippen molar-refractivity contribution in [1.82, 2.24) is 9.46 Å². The number of hydrogen-bond donors (Lipinski definition) is 1. The van der Waals surface area contributed by atoms with E-state index in [2.05, 4.69) is 10.5 Å². The minimum atomic E-state index is -3.66. The molecule has 1 N–H and O–H groups in total. The van der Waals surface area contributed by atoms with Crippen LogP contribution in [0, 0.1) is 0 Å². The van der Waals surface area contributed by atoms with Crippen molar-refractivity contribution in [2.24, 2.45) is 0 Å². The number of benzene rings is 1. The summed E-state index contributed by atoms with van der Waals surface area (Å²) in [7, 11) is -3.66. The molecule has 1 aliphatic heterocycles. The fourth-order valence-electron chi connectivity index (χ4n) is 3.09. The highest BCUT2D eigenvalue weighted by Crippen LogP contribution is 2.37. The van der Waals surface area contributed by atoms with E-state index < -0.39 is 10.0 Å². The Balaban J connectivity index is 1.86. The Bertz CT molecular complexity index is 887. The predicted octanol–water partition coefficient (Wildman–Crippen LogP) is 3.28. The Morgan fingerprint density at radius 1 is 1.31 bits per heavy atom. The highest BCUT2D eigenvalue weighted by Gasteiger charge is 2.38. The van der Waals surface area contributed by atoms with Gasteiger partial charge in [0.1, 0.15) is 0 Å². The highest BCUT2D eigenvalue weighted by atomic mass is 32.2. The molecule has 7 nitrogen and oxygen atoms in total. The van der Waals surface area contributed by atoms with Gasteiger partial charge in [0.15, 0.2) is 5.76 Å². The maximum Gasteiger partial charge on any atom is 0.243 e. The number of carbonyl (C=O) groups excluding carboxylic acids is 1. The molecule has 1 saturated heterocycles. The van der Waals surface area contributed by atoms with Crippen LogP contribution in [0.25, 0.3) is 0 Å². The van der Waals surface area contributed by atoms with Crippen LogP contribution < -0.4 is 5.32 Å². The van der Waals surface area contributed by atoms with Crippen molar-refractivity contribution < 1.29 is 17.7 Å². The van der Waals surface area contributed by atoms with E-state index in [1.54, 1.807) is 12.1 Å². The first-order valence-electron chi connectivity index (χ1n) is 8.65. The minimum Gasteiger partial charge on any atom is -0.359 e. The standard InChI is InChI=1S/C18H23N3O4S/c1-12(2)16-11-18(25-20-16)17-5-4-10-21(17)26(23,24)15-8-6-14(7-9-15)19-13(3)22/h6-9,11-12,17H,4-5,10H2,1-3H3,(H,19,22)/t17-/m1/s1. The molecule has 1 fully saturated rings. The molecule has 0 bridgehead atoms. The molecular formula is C18H23N3O4S. The lowest BCUT2D eigenvalue weighted by Gasteiger charge is -2.22. The molecule has 26 heavy (non-hydrogen) atoms. The molecule has 3 rings (SSSR count). The number of carbonyl (C=O) groups is 1. The average molecular weight is 377 g/mol. The van der Waals surface area contributed by atoms with Crippen molar-refractivity contribution in [3.8, 4) is 0 Å². The van der Waals surface area contributed by atoms with Crippen molar-refractivity contribution >= 4 is 21.6 Å². The van der Waals surface area contributed by atoms with Gasteiger partial charge in [0, 0.05) is 25.2 Å². The Hall–Kier alpha value is -2.19. The van der Waals surface area contributed by atoms with E-state index in [1.807, 2.05) is 19.9 Å². The Morgan fingerprint density at radius 2 is 2.00 bits per heavy atom. The van der Waals surface area contributed by atoms with Gasteiger partial charge >= 0.3 is 0 Å². The number of nitrogens with one attached hydrogen (secondary N) is 1. The number of hydrogen-bond acceptors (Lipinski definition) is 5. The third kappa shape index (κ3) is 3.66. The molecule has 0 radical (unpaired) electrons. The van der Waals surface area contributed by atoms with Gasteiger partial charge in [-0.25, -0.2) is 8.42 Å². The summed E-state index contributed by atoms with van der Waals surface area (Å²) >= 11 is 0. The normalized spacial score (nSPS) is 18.4. The van der Waals surface area contributed by atoms with Crippen molar-refractivity contribution in [3.63, 3.8) is 0 Å². The zero-order valence-corrected chi connectivity index (χ0v) is 15.9. The number of rotatable bonds is 5. The van der Waals surface area contributed by atoms with E-state index in [0.29, 0.717) is 24.4 Å². The summed E-state index contributed by atoms with van der Waals surface area (Å²) in [6.45, 7) is 5.88. The molecule has 8 heteroatoms. The summed E-state index contributed by atoms with van der Waals surface area (Å²) in [6.07, 6.45) is 1.47. The molecule has 1 amide bonds. The lowest BCUT2D eigenvalue weighted by Crippen LogP contribution is -2.30. The van der Waals surface area contributed by atoms with Gasteiger partial charge in [-0.2, -0.15) is 4.31 Å². The summed E-state index contributed by atoms with van der Waals surface area (Å²) in [5.74, 6) is 0.608. The number of sulfonamides is 1. The van der Waals surface area contributed by atoms with Gasteiger partial charge in [0.25, 0.3) is 0 Å². The Kier molecular flexibility index (Phi) is 5.15. The molecule has 2 heterocycles. The molecule has 2 aromatic rings. The van der Waals surface area contributed by atoms with Crippen molar-refractivity contribution in [3.05, 3.63) is 41.8 Å². The second-order valence-electron chi connectivity index (χ2n) is 6.79. The monoisotopic (exact) mass is 377 g/mol. The van der Waals surface area contributed by atoms with E-state index in [0.717, 1.165) is 12.1 Å². The Labute approximate surface area is 153 Å². The van der Waals surface area contributed by atoms with Crippen LogP contribution in [0.5, 0.6) is 0 Å².